The van der Waals surface area contributed by atoms with E-state index in [1.54, 1.807) is 35.2 Å². The number of piperidine rings is 1. The van der Waals surface area contributed by atoms with Gasteiger partial charge in [0.1, 0.15) is 5.75 Å². The van der Waals surface area contributed by atoms with Crippen molar-refractivity contribution in [1.82, 2.24) is 20.0 Å². The number of phenols is 1. The molecule has 3 saturated heterocycles. The van der Waals surface area contributed by atoms with Gasteiger partial charge in [0.15, 0.2) is 0 Å². The predicted octanol–water partition coefficient (Wildman–Crippen LogP) is 0.724. The fourth-order valence-corrected chi connectivity index (χ4v) is 3.42. The molecule has 130 valence electrons. The molecule has 3 fully saturated rings. The lowest BCUT2D eigenvalue weighted by atomic mass is 9.91. The van der Waals surface area contributed by atoms with Gasteiger partial charge in [0.05, 0.1) is 11.5 Å². The second-order valence-electron chi connectivity index (χ2n) is 6.57. The maximum Gasteiger partial charge on any atom is 0.127 e. The van der Waals surface area contributed by atoms with E-state index in [2.05, 4.69) is 15.3 Å². The maximum absolute atomic E-state index is 10.3. The van der Waals surface area contributed by atoms with Crippen molar-refractivity contribution in [1.29, 1.82) is 0 Å². The largest absolute Gasteiger partial charge is 0.507 e. The summed E-state index contributed by atoms with van der Waals surface area (Å²) in [4.78, 5) is 2.17. The van der Waals surface area contributed by atoms with Crippen LogP contribution in [-0.2, 0) is 0 Å². The Bertz CT molecular complexity index is 810. The quantitative estimate of drug-likeness (QED) is 0.612. The van der Waals surface area contributed by atoms with Crippen molar-refractivity contribution in [2.45, 2.75) is 18.5 Å². The fraction of sp³-hybridized carbons (Fsp3) is 0.278. The smallest absolute Gasteiger partial charge is 0.127 e. The van der Waals surface area contributed by atoms with Gasteiger partial charge >= 0.3 is 0 Å². The number of nitrogens with zero attached hydrogens (tertiary/aromatic N) is 3. The molecule has 0 spiro atoms. The van der Waals surface area contributed by atoms with Gasteiger partial charge in [-0.25, -0.2) is 4.68 Å². The van der Waals surface area contributed by atoms with Crippen molar-refractivity contribution < 1.29 is 5.11 Å². The topological polar surface area (TPSA) is 105 Å². The van der Waals surface area contributed by atoms with E-state index in [-0.39, 0.29) is 5.75 Å². The summed E-state index contributed by atoms with van der Waals surface area (Å²) in [6, 6.07) is 8.20. The van der Waals surface area contributed by atoms with Crippen LogP contribution in [0.25, 0.3) is 11.4 Å². The van der Waals surface area contributed by atoms with Crippen LogP contribution in [0.1, 0.15) is 12.0 Å². The lowest BCUT2D eigenvalue weighted by Gasteiger charge is -2.49. The molecule has 0 amide bonds. The second-order valence-corrected chi connectivity index (χ2v) is 6.57. The summed E-state index contributed by atoms with van der Waals surface area (Å²) in [5.41, 5.74) is 14.1. The van der Waals surface area contributed by atoms with Crippen LogP contribution in [0, 0.1) is 0 Å². The molecule has 2 atom stereocenters. The van der Waals surface area contributed by atoms with E-state index in [1.807, 2.05) is 18.3 Å². The molecule has 0 radical (unpaired) electrons. The zero-order valence-corrected chi connectivity index (χ0v) is 13.8. The molecule has 3 aliphatic rings. The van der Waals surface area contributed by atoms with Gasteiger partial charge in [-0.1, -0.05) is 0 Å². The number of allylic oxidation sites excluding steroid dienone is 2. The Morgan fingerprint density at radius 3 is 2.64 bits per heavy atom. The highest BCUT2D eigenvalue weighted by Gasteiger charge is 2.36. The Kier molecular flexibility index (Phi) is 3.85. The van der Waals surface area contributed by atoms with E-state index >= 15 is 0 Å². The summed E-state index contributed by atoms with van der Waals surface area (Å²) in [5.74, 6) is 0.809. The van der Waals surface area contributed by atoms with Gasteiger partial charge in [-0.2, -0.15) is 5.10 Å². The number of fused-ring (bicyclic) bond motifs is 2. The Balaban J connectivity index is 1.50. The first kappa shape index (κ1) is 15.6. The summed E-state index contributed by atoms with van der Waals surface area (Å²) in [6.07, 6.45) is 8.28. The van der Waals surface area contributed by atoms with Gasteiger partial charge < -0.3 is 26.8 Å². The lowest BCUT2D eigenvalue weighted by molar-refractivity contribution is 0.102. The highest BCUT2D eigenvalue weighted by Crippen LogP contribution is 2.26. The van der Waals surface area contributed by atoms with Crippen molar-refractivity contribution in [3.8, 4) is 11.4 Å². The Labute approximate surface area is 146 Å². The first-order valence-electron chi connectivity index (χ1n) is 8.37. The number of nitrogens with two attached hydrogens (primary N) is 2. The minimum Gasteiger partial charge on any atom is -0.507 e. The summed E-state index contributed by atoms with van der Waals surface area (Å²) >= 11 is 0. The van der Waals surface area contributed by atoms with Gasteiger partial charge in [0.2, 0.25) is 0 Å². The van der Waals surface area contributed by atoms with E-state index in [1.165, 1.54) is 6.42 Å². The summed E-state index contributed by atoms with van der Waals surface area (Å²) in [7, 11) is 0. The van der Waals surface area contributed by atoms with Crippen molar-refractivity contribution >= 4 is 5.70 Å². The molecule has 1 aromatic carbocycles. The number of piperazine rings is 1. The van der Waals surface area contributed by atoms with Crippen molar-refractivity contribution in [3.05, 3.63) is 60.2 Å². The highest BCUT2D eigenvalue weighted by molar-refractivity contribution is 5.70. The molecule has 2 aromatic rings. The molecule has 4 heterocycles. The Hall–Kier alpha value is -2.93. The molecular weight excluding hydrogens is 316 g/mol. The van der Waals surface area contributed by atoms with Crippen LogP contribution in [0.4, 0.5) is 0 Å². The number of hydrogen-bond acceptors (Lipinski definition) is 6. The molecule has 3 aliphatic heterocycles. The van der Waals surface area contributed by atoms with Crippen LogP contribution in [0.15, 0.2) is 54.6 Å². The van der Waals surface area contributed by atoms with E-state index in [0.29, 0.717) is 29.2 Å². The van der Waals surface area contributed by atoms with Gasteiger partial charge in [-0.3, -0.25) is 0 Å². The average Bonchev–Trinajstić information content (AvgIpc) is 3.13. The Morgan fingerprint density at radius 1 is 1.24 bits per heavy atom. The molecule has 2 bridgehead atoms. The zero-order chi connectivity index (χ0) is 17.4. The number of rotatable bonds is 4. The molecule has 6 N–H and O–H groups in total. The third-order valence-corrected chi connectivity index (χ3v) is 4.78. The van der Waals surface area contributed by atoms with Crippen LogP contribution < -0.4 is 16.8 Å². The third kappa shape index (κ3) is 3.06. The Morgan fingerprint density at radius 2 is 2.00 bits per heavy atom. The molecule has 7 nitrogen and oxygen atoms in total. The molecule has 0 aliphatic carbocycles. The number of nitrogens with one attached hydrogen (secondary N) is 1. The van der Waals surface area contributed by atoms with Crippen molar-refractivity contribution in [3.63, 3.8) is 0 Å². The van der Waals surface area contributed by atoms with E-state index in [4.69, 9.17) is 11.5 Å². The molecular formula is C18H22N6O. The first-order chi connectivity index (χ1) is 12.1. The van der Waals surface area contributed by atoms with E-state index in [9.17, 15) is 5.11 Å². The number of hydrogen-bond donors (Lipinski definition) is 4. The molecule has 2 unspecified atom stereocenters. The van der Waals surface area contributed by atoms with E-state index in [0.717, 1.165) is 18.8 Å². The van der Waals surface area contributed by atoms with Gasteiger partial charge in [-0.05, 0) is 36.8 Å². The van der Waals surface area contributed by atoms with Crippen LogP contribution >= 0.6 is 0 Å². The number of aromatic nitrogens is 2. The molecule has 25 heavy (non-hydrogen) atoms. The number of aromatic hydroxyl groups is 1. The predicted molar refractivity (Wildman–Crippen MR) is 96.6 cm³/mol. The highest BCUT2D eigenvalue weighted by atomic mass is 16.3. The molecule has 1 aromatic heterocycles. The van der Waals surface area contributed by atoms with Crippen LogP contribution in [0.3, 0.4) is 0 Å². The zero-order valence-electron chi connectivity index (χ0n) is 13.8. The SMILES string of the molecule is N/C(=C\C=C(/N)N1CC2CC(C1)N2)c1ccc(-n2cccn2)cc1O. The lowest BCUT2D eigenvalue weighted by Crippen LogP contribution is -2.66. The normalized spacial score (nSPS) is 23.4. The monoisotopic (exact) mass is 338 g/mol. The summed E-state index contributed by atoms with van der Waals surface area (Å²) < 4.78 is 1.68. The van der Waals surface area contributed by atoms with Crippen molar-refractivity contribution in [2.24, 2.45) is 11.5 Å². The second kappa shape index (κ2) is 6.18. The number of phenolic OH excluding ortho intramolecular Hbond substituents is 1. The first-order valence-corrected chi connectivity index (χ1v) is 8.37. The van der Waals surface area contributed by atoms with Crippen LogP contribution in [0.5, 0.6) is 5.75 Å². The third-order valence-electron chi connectivity index (χ3n) is 4.78. The summed E-state index contributed by atoms with van der Waals surface area (Å²) in [6.45, 7) is 1.85. The molecule has 7 heteroatoms. The van der Waals surface area contributed by atoms with Gasteiger partial charge in [0, 0.05) is 54.9 Å². The van der Waals surface area contributed by atoms with Gasteiger partial charge in [0.25, 0.3) is 0 Å². The van der Waals surface area contributed by atoms with Crippen LogP contribution in [-0.4, -0.2) is 45.0 Å². The van der Waals surface area contributed by atoms with Gasteiger partial charge in [-0.15, -0.1) is 0 Å². The maximum atomic E-state index is 10.3. The fourth-order valence-electron chi connectivity index (χ4n) is 3.42. The van der Waals surface area contributed by atoms with E-state index < -0.39 is 0 Å². The van der Waals surface area contributed by atoms with Crippen molar-refractivity contribution in [2.75, 3.05) is 13.1 Å². The minimum atomic E-state index is 0.108. The molecule has 5 rings (SSSR count). The summed E-state index contributed by atoms with van der Waals surface area (Å²) in [5, 5.41) is 17.9. The standard InChI is InChI=1S/C18H22N6O/c19-16(4-5-18(20)23-10-12-8-13(11-23)22-12)15-3-2-14(9-17(15)25)24-7-1-6-21-24/h1-7,9,12-13,22,25H,8,10-11,19-20H2/b16-4-,18-5+. The molecule has 0 saturated carbocycles. The number of benzene rings is 1. The average molecular weight is 338 g/mol. The van der Waals surface area contributed by atoms with Crippen LogP contribution in [0.2, 0.25) is 0 Å². The minimum absolute atomic E-state index is 0.108.